The highest BCUT2D eigenvalue weighted by Crippen LogP contribution is 2.49. The van der Waals surface area contributed by atoms with E-state index >= 15 is 0 Å². The van der Waals surface area contributed by atoms with Gasteiger partial charge >= 0.3 is 0 Å². The van der Waals surface area contributed by atoms with E-state index in [0.29, 0.717) is 16.3 Å². The molecule has 1 fully saturated rings. The summed E-state index contributed by atoms with van der Waals surface area (Å²) in [6, 6.07) is 14.1. The van der Waals surface area contributed by atoms with Gasteiger partial charge in [0.25, 0.3) is 0 Å². The van der Waals surface area contributed by atoms with Crippen LogP contribution >= 0.6 is 11.6 Å². The van der Waals surface area contributed by atoms with Crippen molar-refractivity contribution in [1.82, 2.24) is 0 Å². The normalized spacial score (nSPS) is 19.5. The largest absolute Gasteiger partial charge is 0.366 e. The third-order valence-corrected chi connectivity index (χ3v) is 4.21. The van der Waals surface area contributed by atoms with Crippen molar-refractivity contribution in [3.63, 3.8) is 0 Å². The van der Waals surface area contributed by atoms with Gasteiger partial charge in [0.2, 0.25) is 11.8 Å². The maximum absolute atomic E-state index is 12.2. The summed E-state index contributed by atoms with van der Waals surface area (Å²) < 4.78 is 0. The molecule has 2 amide bonds. The molecule has 5 heteroatoms. The van der Waals surface area contributed by atoms with E-state index in [-0.39, 0.29) is 17.7 Å². The lowest BCUT2D eigenvalue weighted by Gasteiger charge is -2.06. The number of benzene rings is 2. The van der Waals surface area contributed by atoms with Crippen molar-refractivity contribution in [2.75, 3.05) is 5.32 Å². The van der Waals surface area contributed by atoms with E-state index in [1.54, 1.807) is 24.3 Å². The molecule has 0 aliphatic heterocycles. The quantitative estimate of drug-likeness (QED) is 0.909. The van der Waals surface area contributed by atoms with Gasteiger partial charge in [0, 0.05) is 22.2 Å². The molecule has 2 atom stereocenters. The first-order valence-corrected chi connectivity index (χ1v) is 7.39. The Morgan fingerprint density at radius 1 is 1.09 bits per heavy atom. The number of nitrogens with one attached hydrogen (secondary N) is 1. The first-order valence-electron chi connectivity index (χ1n) is 7.01. The predicted octanol–water partition coefficient (Wildman–Crippen LogP) is 3.18. The van der Waals surface area contributed by atoms with Crippen LogP contribution in [0.3, 0.4) is 0 Å². The van der Waals surface area contributed by atoms with Crippen LogP contribution in [0.5, 0.6) is 0 Å². The van der Waals surface area contributed by atoms with Gasteiger partial charge in [-0.1, -0.05) is 29.8 Å². The average molecular weight is 315 g/mol. The summed E-state index contributed by atoms with van der Waals surface area (Å²) in [4.78, 5) is 23.2. The van der Waals surface area contributed by atoms with Crippen molar-refractivity contribution in [2.45, 2.75) is 12.3 Å². The number of carbonyl (C=O) groups is 2. The molecular formula is C17H15ClN2O2. The van der Waals surface area contributed by atoms with Crippen LogP contribution in [0.15, 0.2) is 48.5 Å². The lowest BCUT2D eigenvalue weighted by atomic mass is 10.1. The Hall–Kier alpha value is -2.33. The number of halogens is 1. The monoisotopic (exact) mass is 314 g/mol. The van der Waals surface area contributed by atoms with Crippen LogP contribution in [0.2, 0.25) is 5.02 Å². The van der Waals surface area contributed by atoms with E-state index in [1.165, 1.54) is 0 Å². The number of hydrogen-bond donors (Lipinski definition) is 2. The summed E-state index contributed by atoms with van der Waals surface area (Å²) in [5, 5.41) is 3.56. The zero-order valence-corrected chi connectivity index (χ0v) is 12.5. The molecule has 0 radical (unpaired) electrons. The van der Waals surface area contributed by atoms with Gasteiger partial charge in [-0.05, 0) is 48.2 Å². The minimum atomic E-state index is -0.487. The highest BCUT2D eigenvalue weighted by Gasteiger charge is 2.44. The van der Waals surface area contributed by atoms with Gasteiger partial charge in [0.15, 0.2) is 0 Å². The molecule has 1 saturated carbocycles. The molecule has 3 rings (SSSR count). The Morgan fingerprint density at radius 3 is 2.41 bits per heavy atom. The number of hydrogen-bond acceptors (Lipinski definition) is 2. The topological polar surface area (TPSA) is 72.2 Å². The summed E-state index contributed by atoms with van der Waals surface area (Å²) >= 11 is 6.16. The van der Waals surface area contributed by atoms with Gasteiger partial charge < -0.3 is 11.1 Å². The molecule has 112 valence electrons. The summed E-state index contributed by atoms with van der Waals surface area (Å²) in [5.74, 6) is -0.398. The van der Waals surface area contributed by atoms with Crippen molar-refractivity contribution in [2.24, 2.45) is 11.7 Å². The maximum Gasteiger partial charge on any atom is 0.248 e. The Balaban J connectivity index is 1.64. The van der Waals surface area contributed by atoms with Crippen LogP contribution in [0.1, 0.15) is 28.3 Å². The Bertz CT molecular complexity index is 728. The second-order valence-electron chi connectivity index (χ2n) is 5.40. The Morgan fingerprint density at radius 2 is 1.77 bits per heavy atom. The molecule has 22 heavy (non-hydrogen) atoms. The lowest BCUT2D eigenvalue weighted by molar-refractivity contribution is -0.117. The fourth-order valence-electron chi connectivity index (χ4n) is 2.56. The molecule has 0 bridgehead atoms. The van der Waals surface area contributed by atoms with Gasteiger partial charge in [-0.25, -0.2) is 0 Å². The molecule has 3 N–H and O–H groups in total. The standard InChI is InChI=1S/C17H15ClN2O2/c18-15-4-2-1-3-12(15)13-9-14(13)17(22)20-11-7-5-10(6-8-11)16(19)21/h1-8,13-14H,9H2,(H2,19,21)(H,20,22). The number of primary amides is 1. The smallest absolute Gasteiger partial charge is 0.248 e. The molecule has 1 aliphatic rings. The third-order valence-electron chi connectivity index (χ3n) is 3.87. The predicted molar refractivity (Wildman–Crippen MR) is 85.9 cm³/mol. The molecule has 2 aromatic rings. The van der Waals surface area contributed by atoms with E-state index < -0.39 is 5.91 Å². The summed E-state index contributed by atoms with van der Waals surface area (Å²) in [7, 11) is 0. The molecular weight excluding hydrogens is 300 g/mol. The number of amides is 2. The van der Waals surface area contributed by atoms with Gasteiger partial charge in [-0.2, -0.15) is 0 Å². The second kappa shape index (κ2) is 5.81. The number of rotatable bonds is 4. The van der Waals surface area contributed by atoms with Gasteiger partial charge in [-0.3, -0.25) is 9.59 Å². The van der Waals surface area contributed by atoms with Crippen LogP contribution in [0.25, 0.3) is 0 Å². The lowest BCUT2D eigenvalue weighted by Crippen LogP contribution is -2.15. The van der Waals surface area contributed by atoms with Crippen molar-refractivity contribution >= 4 is 29.1 Å². The number of anilines is 1. The second-order valence-corrected chi connectivity index (χ2v) is 5.81. The van der Waals surface area contributed by atoms with Crippen molar-refractivity contribution < 1.29 is 9.59 Å². The Kier molecular flexibility index (Phi) is 3.86. The van der Waals surface area contributed by atoms with E-state index in [2.05, 4.69) is 5.32 Å². The first kappa shape index (κ1) is 14.6. The number of nitrogens with two attached hydrogens (primary N) is 1. The summed E-state index contributed by atoms with van der Waals surface area (Å²) in [6.45, 7) is 0. The summed E-state index contributed by atoms with van der Waals surface area (Å²) in [5.41, 5.74) is 7.27. The maximum atomic E-state index is 12.2. The average Bonchev–Trinajstić information content (AvgIpc) is 3.28. The van der Waals surface area contributed by atoms with Crippen LogP contribution in [-0.4, -0.2) is 11.8 Å². The van der Waals surface area contributed by atoms with Crippen LogP contribution in [0, 0.1) is 5.92 Å². The molecule has 2 unspecified atom stereocenters. The van der Waals surface area contributed by atoms with Crippen molar-refractivity contribution in [1.29, 1.82) is 0 Å². The van der Waals surface area contributed by atoms with E-state index in [4.69, 9.17) is 17.3 Å². The fourth-order valence-corrected chi connectivity index (χ4v) is 2.83. The number of carbonyl (C=O) groups excluding carboxylic acids is 2. The SMILES string of the molecule is NC(=O)c1ccc(NC(=O)C2CC2c2ccccc2Cl)cc1. The molecule has 1 aliphatic carbocycles. The first-order chi connectivity index (χ1) is 10.6. The highest BCUT2D eigenvalue weighted by atomic mass is 35.5. The molecule has 0 saturated heterocycles. The zero-order chi connectivity index (χ0) is 15.7. The fraction of sp³-hybridized carbons (Fsp3) is 0.176. The van der Waals surface area contributed by atoms with Crippen molar-refractivity contribution in [3.8, 4) is 0 Å². The van der Waals surface area contributed by atoms with Gasteiger partial charge in [0.05, 0.1) is 0 Å². The molecule has 0 aromatic heterocycles. The van der Waals surface area contributed by atoms with Crippen LogP contribution < -0.4 is 11.1 Å². The van der Waals surface area contributed by atoms with E-state index in [0.717, 1.165) is 12.0 Å². The summed E-state index contributed by atoms with van der Waals surface area (Å²) in [6.07, 6.45) is 0.801. The molecule has 2 aromatic carbocycles. The van der Waals surface area contributed by atoms with Gasteiger partial charge in [-0.15, -0.1) is 0 Å². The minimum Gasteiger partial charge on any atom is -0.366 e. The van der Waals surface area contributed by atoms with Crippen molar-refractivity contribution in [3.05, 3.63) is 64.7 Å². The van der Waals surface area contributed by atoms with Crippen LogP contribution in [-0.2, 0) is 4.79 Å². The molecule has 0 heterocycles. The molecule has 4 nitrogen and oxygen atoms in total. The zero-order valence-electron chi connectivity index (χ0n) is 11.8. The van der Waals surface area contributed by atoms with Gasteiger partial charge in [0.1, 0.15) is 0 Å². The van der Waals surface area contributed by atoms with E-state index in [9.17, 15) is 9.59 Å². The van der Waals surface area contributed by atoms with Crippen LogP contribution in [0.4, 0.5) is 5.69 Å². The third kappa shape index (κ3) is 2.97. The highest BCUT2D eigenvalue weighted by molar-refractivity contribution is 6.31. The minimum absolute atomic E-state index is 0.0308. The Labute approximate surface area is 133 Å². The molecule has 0 spiro atoms. The van der Waals surface area contributed by atoms with E-state index in [1.807, 2.05) is 24.3 Å².